The van der Waals surface area contributed by atoms with Gasteiger partial charge in [-0.1, -0.05) is 0 Å². The molecule has 7 nitrogen and oxygen atoms in total. The quantitative estimate of drug-likeness (QED) is 0.852. The molecule has 2 heterocycles. The van der Waals surface area contributed by atoms with E-state index < -0.39 is 6.04 Å². The number of rotatable bonds is 5. The maximum atomic E-state index is 12.8. The van der Waals surface area contributed by atoms with Gasteiger partial charge in [0.15, 0.2) is 0 Å². The lowest BCUT2D eigenvalue weighted by Crippen LogP contribution is -2.43. The summed E-state index contributed by atoms with van der Waals surface area (Å²) in [5, 5.41) is 2.75. The molecule has 130 valence electrons. The van der Waals surface area contributed by atoms with Crippen molar-refractivity contribution in [2.45, 2.75) is 13.0 Å². The van der Waals surface area contributed by atoms with E-state index in [1.165, 1.54) is 6.92 Å². The van der Waals surface area contributed by atoms with E-state index in [4.69, 9.17) is 9.47 Å². The monoisotopic (exact) mass is 333 g/mol. The van der Waals surface area contributed by atoms with Gasteiger partial charge in [0.25, 0.3) is 5.91 Å². The Hall–Kier alpha value is -2.12. The smallest absolute Gasteiger partial charge is 0.254 e. The van der Waals surface area contributed by atoms with Gasteiger partial charge in [-0.25, -0.2) is 0 Å². The van der Waals surface area contributed by atoms with Crippen molar-refractivity contribution in [3.63, 3.8) is 0 Å². The van der Waals surface area contributed by atoms with Crippen LogP contribution < -0.4 is 15.0 Å². The molecule has 2 amide bonds. The molecule has 2 aliphatic rings. The molecule has 0 bridgehead atoms. The molecule has 0 spiro atoms. The van der Waals surface area contributed by atoms with Crippen molar-refractivity contribution >= 4 is 17.5 Å². The second kappa shape index (κ2) is 7.19. The number of hydrogen-bond acceptors (Lipinski definition) is 5. The number of benzene rings is 1. The van der Waals surface area contributed by atoms with Crippen LogP contribution >= 0.6 is 0 Å². The van der Waals surface area contributed by atoms with E-state index in [0.717, 1.165) is 44.1 Å². The first kappa shape index (κ1) is 16.7. The number of anilines is 1. The first-order valence-electron chi connectivity index (χ1n) is 8.16. The SMILES string of the molecule is COc1ccc2c(c1)[C@@H](NC(C)=O)C(=O)N2CCN1CCOCC1. The van der Waals surface area contributed by atoms with Crippen LogP contribution in [0.5, 0.6) is 5.75 Å². The van der Waals surface area contributed by atoms with Gasteiger partial charge in [0.2, 0.25) is 5.91 Å². The minimum absolute atomic E-state index is 0.0956. The van der Waals surface area contributed by atoms with Crippen molar-refractivity contribution < 1.29 is 19.1 Å². The van der Waals surface area contributed by atoms with Crippen LogP contribution in [0, 0.1) is 0 Å². The van der Waals surface area contributed by atoms with Gasteiger partial charge in [-0.2, -0.15) is 0 Å². The summed E-state index contributed by atoms with van der Waals surface area (Å²) in [5.74, 6) is 0.353. The first-order valence-corrected chi connectivity index (χ1v) is 8.16. The number of ether oxygens (including phenoxy) is 2. The predicted molar refractivity (Wildman–Crippen MR) is 89.2 cm³/mol. The highest BCUT2D eigenvalue weighted by molar-refractivity contribution is 6.06. The van der Waals surface area contributed by atoms with Crippen molar-refractivity contribution in [3.05, 3.63) is 23.8 Å². The molecule has 0 unspecified atom stereocenters. The molecule has 2 aliphatic heterocycles. The van der Waals surface area contributed by atoms with Gasteiger partial charge in [0.1, 0.15) is 11.8 Å². The summed E-state index contributed by atoms with van der Waals surface area (Å²) in [4.78, 5) is 28.3. The van der Waals surface area contributed by atoms with Gasteiger partial charge in [-0.3, -0.25) is 14.5 Å². The summed E-state index contributed by atoms with van der Waals surface area (Å²) in [6.45, 7) is 6.02. The average Bonchev–Trinajstić information content (AvgIpc) is 2.85. The zero-order chi connectivity index (χ0) is 17.1. The van der Waals surface area contributed by atoms with Crippen LogP contribution in [-0.2, 0) is 14.3 Å². The number of hydrogen-bond donors (Lipinski definition) is 1. The van der Waals surface area contributed by atoms with Gasteiger partial charge in [0.05, 0.1) is 20.3 Å². The van der Waals surface area contributed by atoms with E-state index >= 15 is 0 Å². The molecule has 1 N–H and O–H groups in total. The molecule has 1 saturated heterocycles. The Morgan fingerprint density at radius 3 is 2.75 bits per heavy atom. The van der Waals surface area contributed by atoms with Crippen LogP contribution in [0.15, 0.2) is 18.2 Å². The van der Waals surface area contributed by atoms with Gasteiger partial charge in [0, 0.05) is 44.4 Å². The summed E-state index contributed by atoms with van der Waals surface area (Å²) >= 11 is 0. The maximum absolute atomic E-state index is 12.8. The van der Waals surface area contributed by atoms with E-state index in [-0.39, 0.29) is 11.8 Å². The molecule has 1 aromatic rings. The summed E-state index contributed by atoms with van der Waals surface area (Å²) < 4.78 is 10.6. The lowest BCUT2D eigenvalue weighted by atomic mass is 10.1. The van der Waals surface area contributed by atoms with E-state index in [2.05, 4.69) is 10.2 Å². The lowest BCUT2D eigenvalue weighted by Gasteiger charge is -2.28. The molecule has 0 aromatic heterocycles. The lowest BCUT2D eigenvalue weighted by molar-refractivity contribution is -0.126. The molecule has 0 saturated carbocycles. The van der Waals surface area contributed by atoms with Gasteiger partial charge in [-0.15, -0.1) is 0 Å². The third-order valence-corrected chi connectivity index (χ3v) is 4.44. The third-order valence-electron chi connectivity index (χ3n) is 4.44. The summed E-state index contributed by atoms with van der Waals surface area (Å²) in [7, 11) is 1.59. The minimum atomic E-state index is -0.641. The average molecular weight is 333 g/mol. The van der Waals surface area contributed by atoms with Gasteiger partial charge < -0.3 is 19.7 Å². The molecular weight excluding hydrogens is 310 g/mol. The Bertz CT molecular complexity index is 628. The topological polar surface area (TPSA) is 71.1 Å². The number of morpholine rings is 1. The number of amides is 2. The maximum Gasteiger partial charge on any atom is 0.254 e. The van der Waals surface area contributed by atoms with Gasteiger partial charge >= 0.3 is 0 Å². The molecule has 7 heteroatoms. The van der Waals surface area contributed by atoms with Crippen molar-refractivity contribution in [3.8, 4) is 5.75 Å². The van der Waals surface area contributed by atoms with Crippen LogP contribution in [-0.4, -0.2) is 63.2 Å². The highest BCUT2D eigenvalue weighted by Crippen LogP contribution is 2.38. The fourth-order valence-electron chi connectivity index (χ4n) is 3.18. The normalized spacial score (nSPS) is 20.8. The highest BCUT2D eigenvalue weighted by Gasteiger charge is 2.38. The molecule has 3 rings (SSSR count). The third kappa shape index (κ3) is 3.37. The molecular formula is C17H23N3O4. The Kier molecular flexibility index (Phi) is 5.01. The molecule has 0 radical (unpaired) electrons. The number of nitrogens with zero attached hydrogens (tertiary/aromatic N) is 2. The zero-order valence-electron chi connectivity index (χ0n) is 14.1. The summed E-state index contributed by atoms with van der Waals surface area (Å²) in [6, 6.07) is 4.90. The highest BCUT2D eigenvalue weighted by atomic mass is 16.5. The number of methoxy groups -OCH3 is 1. The molecule has 1 atom stereocenters. The number of fused-ring (bicyclic) bond motifs is 1. The van der Waals surface area contributed by atoms with Crippen molar-refractivity contribution in [2.24, 2.45) is 0 Å². The fraction of sp³-hybridized carbons (Fsp3) is 0.529. The van der Waals surface area contributed by atoms with E-state index in [9.17, 15) is 9.59 Å². The van der Waals surface area contributed by atoms with Crippen LogP contribution in [0.25, 0.3) is 0 Å². The Morgan fingerprint density at radius 2 is 2.08 bits per heavy atom. The van der Waals surface area contributed by atoms with E-state index in [0.29, 0.717) is 12.3 Å². The second-order valence-electron chi connectivity index (χ2n) is 6.00. The predicted octanol–water partition coefficient (Wildman–Crippen LogP) is 0.551. The molecule has 1 fully saturated rings. The largest absolute Gasteiger partial charge is 0.497 e. The Labute approximate surface area is 141 Å². The Balaban J connectivity index is 1.79. The minimum Gasteiger partial charge on any atom is -0.497 e. The fourth-order valence-corrected chi connectivity index (χ4v) is 3.18. The van der Waals surface area contributed by atoms with Crippen molar-refractivity contribution in [1.82, 2.24) is 10.2 Å². The Morgan fingerprint density at radius 1 is 1.33 bits per heavy atom. The van der Waals surface area contributed by atoms with Crippen LogP contribution in [0.4, 0.5) is 5.69 Å². The first-order chi connectivity index (χ1) is 11.6. The van der Waals surface area contributed by atoms with Crippen LogP contribution in [0.2, 0.25) is 0 Å². The van der Waals surface area contributed by atoms with E-state index in [1.54, 1.807) is 12.0 Å². The van der Waals surface area contributed by atoms with Crippen LogP contribution in [0.3, 0.4) is 0 Å². The standard InChI is InChI=1S/C17H23N3O4/c1-12(21)18-16-14-11-13(23-2)3-4-15(14)20(17(16)22)6-5-19-7-9-24-10-8-19/h3-4,11,16H,5-10H2,1-2H3,(H,18,21)/t16-/m1/s1. The number of carbonyl (C=O) groups excluding carboxylic acids is 2. The summed E-state index contributed by atoms with van der Waals surface area (Å²) in [6.07, 6.45) is 0. The van der Waals surface area contributed by atoms with E-state index in [1.807, 2.05) is 18.2 Å². The van der Waals surface area contributed by atoms with Crippen molar-refractivity contribution in [1.29, 1.82) is 0 Å². The number of carbonyl (C=O) groups is 2. The molecule has 0 aliphatic carbocycles. The molecule has 1 aromatic carbocycles. The number of nitrogens with one attached hydrogen (secondary N) is 1. The summed E-state index contributed by atoms with van der Waals surface area (Å²) in [5.41, 5.74) is 1.63. The zero-order valence-corrected chi connectivity index (χ0v) is 14.1. The molecule has 24 heavy (non-hydrogen) atoms. The van der Waals surface area contributed by atoms with Crippen LogP contribution in [0.1, 0.15) is 18.5 Å². The second-order valence-corrected chi connectivity index (χ2v) is 6.00. The van der Waals surface area contributed by atoms with Crippen molar-refractivity contribution in [2.75, 3.05) is 51.4 Å². The van der Waals surface area contributed by atoms with Gasteiger partial charge in [-0.05, 0) is 18.2 Å².